The third kappa shape index (κ3) is 31.5. The standard InChI is InChI=1S/C6H12O7.C2H4O2.CH2O3.3Ca.6H/c7-1-2(8)3(9)4(10)5(11)6(12)13;1-2(3)4;2-1(3)4;;;;;;;;;/h2-5,7-11H,1H2,(H,12,13);1H3,(H,3,4);(H2,2,3,4);;;;;;;;;/q;;;3*+2;6*-1. The molecule has 0 saturated carbocycles. The molecular weight excluding hydrogens is 420 g/mol. The summed E-state index contributed by atoms with van der Waals surface area (Å²) in [4.78, 5) is 27.6. The molecule has 0 radical (unpaired) electrons. The predicted octanol–water partition coefficient (Wildman–Crippen LogP) is -3.65. The molecule has 9 N–H and O–H groups in total. The average molecular weight is 445 g/mol. The van der Waals surface area contributed by atoms with Gasteiger partial charge in [-0.25, -0.2) is 9.59 Å². The van der Waals surface area contributed by atoms with E-state index in [4.69, 9.17) is 55.5 Å². The molecule has 0 heterocycles. The van der Waals surface area contributed by atoms with Crippen molar-refractivity contribution in [2.75, 3.05) is 6.61 Å². The summed E-state index contributed by atoms with van der Waals surface area (Å²) < 4.78 is 0. The second kappa shape index (κ2) is 24.8. The minimum Gasteiger partial charge on any atom is -1.00 e. The molecule has 0 bridgehead atoms. The smallest absolute Gasteiger partial charge is 1.00 e. The van der Waals surface area contributed by atoms with Gasteiger partial charge in [-0.15, -0.1) is 0 Å². The second-order valence-electron chi connectivity index (χ2n) is 3.32. The van der Waals surface area contributed by atoms with Crippen molar-refractivity contribution in [3.63, 3.8) is 0 Å². The molecular formula is C9H24Ca3O12. The molecule has 138 valence electrons. The number of hydrogen-bond acceptors (Lipinski definition) is 8. The Morgan fingerprint density at radius 3 is 1.25 bits per heavy atom. The number of carbonyl (C=O) groups is 3. The quantitative estimate of drug-likeness (QED) is 0.187. The van der Waals surface area contributed by atoms with E-state index >= 15 is 0 Å². The summed E-state index contributed by atoms with van der Waals surface area (Å²) in [7, 11) is 0. The van der Waals surface area contributed by atoms with Crippen LogP contribution in [0.25, 0.3) is 0 Å². The number of hydrogen-bond donors (Lipinski definition) is 9. The van der Waals surface area contributed by atoms with Gasteiger partial charge in [0, 0.05) is 6.92 Å². The topological polar surface area (TPSA) is 233 Å². The van der Waals surface area contributed by atoms with Gasteiger partial charge < -0.3 is 54.5 Å². The SMILES string of the molecule is CC(=O)O.O=C(O)C(O)C(O)C(O)C(O)CO.O=C(O)O.[Ca+2].[Ca+2].[Ca+2].[H-].[H-].[H-].[H-].[H-].[H-]. The van der Waals surface area contributed by atoms with Crippen molar-refractivity contribution in [3.05, 3.63) is 0 Å². The molecule has 0 aliphatic heterocycles. The van der Waals surface area contributed by atoms with Crippen molar-refractivity contribution < 1.29 is 68.9 Å². The van der Waals surface area contributed by atoms with Gasteiger partial charge in [-0.05, 0) is 0 Å². The predicted molar refractivity (Wildman–Crippen MR) is 86.6 cm³/mol. The third-order valence-electron chi connectivity index (χ3n) is 1.51. The molecule has 0 spiro atoms. The van der Waals surface area contributed by atoms with Crippen molar-refractivity contribution in [1.82, 2.24) is 0 Å². The summed E-state index contributed by atoms with van der Waals surface area (Å²) in [5, 5.41) is 73.2. The van der Waals surface area contributed by atoms with Crippen molar-refractivity contribution in [2.24, 2.45) is 0 Å². The van der Waals surface area contributed by atoms with Crippen molar-refractivity contribution in [1.29, 1.82) is 0 Å². The van der Waals surface area contributed by atoms with Crippen LogP contribution in [0.2, 0.25) is 0 Å². The Morgan fingerprint density at radius 1 is 0.833 bits per heavy atom. The minimum absolute atomic E-state index is 0. The molecule has 0 aliphatic rings. The zero-order chi connectivity index (χ0) is 17.7. The van der Waals surface area contributed by atoms with Crippen LogP contribution in [0.4, 0.5) is 4.79 Å². The zero-order valence-corrected chi connectivity index (χ0v) is 19.5. The van der Waals surface area contributed by atoms with Gasteiger partial charge in [0.25, 0.3) is 5.97 Å². The van der Waals surface area contributed by atoms with Gasteiger partial charge in [0.05, 0.1) is 6.61 Å². The van der Waals surface area contributed by atoms with Crippen LogP contribution in [-0.4, -0.2) is 208 Å². The van der Waals surface area contributed by atoms with Crippen LogP contribution >= 0.6 is 0 Å². The van der Waals surface area contributed by atoms with Gasteiger partial charge in [-0.3, -0.25) is 4.79 Å². The van der Waals surface area contributed by atoms with E-state index in [2.05, 4.69) is 0 Å². The molecule has 0 aromatic heterocycles. The fraction of sp³-hybridized carbons (Fsp3) is 0.667. The van der Waals surface area contributed by atoms with Crippen LogP contribution in [0, 0.1) is 0 Å². The Hall–Kier alpha value is 1.79. The van der Waals surface area contributed by atoms with E-state index in [-0.39, 0.29) is 122 Å². The first-order valence-corrected chi connectivity index (χ1v) is 5.05. The van der Waals surface area contributed by atoms with Crippen LogP contribution in [0.1, 0.15) is 15.5 Å². The summed E-state index contributed by atoms with van der Waals surface area (Å²) in [6.45, 7) is 0.241. The summed E-state index contributed by atoms with van der Waals surface area (Å²) in [5.41, 5.74) is 0. The Kier molecular flexibility index (Phi) is 41.8. The first-order valence-electron chi connectivity index (χ1n) is 5.05. The van der Waals surface area contributed by atoms with Crippen molar-refractivity contribution in [2.45, 2.75) is 31.3 Å². The van der Waals surface area contributed by atoms with E-state index in [1.165, 1.54) is 0 Å². The maximum absolute atomic E-state index is 10.1. The molecule has 24 heavy (non-hydrogen) atoms. The van der Waals surface area contributed by atoms with E-state index < -0.39 is 49.1 Å². The summed E-state index contributed by atoms with van der Waals surface area (Å²) in [6, 6.07) is 0. The summed E-state index contributed by atoms with van der Waals surface area (Å²) in [5.74, 6) is -2.56. The van der Waals surface area contributed by atoms with Gasteiger partial charge in [0.1, 0.15) is 18.3 Å². The maximum atomic E-state index is 10.1. The fourth-order valence-corrected chi connectivity index (χ4v) is 0.668. The molecule has 0 aromatic rings. The molecule has 0 amide bonds. The minimum atomic E-state index is -2.20. The molecule has 12 nitrogen and oxygen atoms in total. The number of aliphatic hydroxyl groups excluding tert-OH is 5. The normalized spacial score (nSPS) is 13.1. The molecule has 0 fully saturated rings. The number of rotatable bonds is 5. The van der Waals surface area contributed by atoms with Crippen molar-refractivity contribution >= 4 is 131 Å². The molecule has 15 heteroatoms. The van der Waals surface area contributed by atoms with E-state index in [0.29, 0.717) is 0 Å². The van der Waals surface area contributed by atoms with Crippen LogP contribution in [0.5, 0.6) is 0 Å². The first-order chi connectivity index (χ1) is 9.38. The largest absolute Gasteiger partial charge is 2.00 e. The third-order valence-corrected chi connectivity index (χ3v) is 1.51. The fourth-order valence-electron chi connectivity index (χ4n) is 0.668. The Morgan fingerprint density at radius 2 is 1.08 bits per heavy atom. The summed E-state index contributed by atoms with van der Waals surface area (Å²) >= 11 is 0. The van der Waals surface area contributed by atoms with Gasteiger partial charge in [0.2, 0.25) is 0 Å². The number of aliphatic carboxylic acids is 2. The van der Waals surface area contributed by atoms with Crippen LogP contribution in [0.3, 0.4) is 0 Å². The Bertz CT molecular complexity index is 331. The molecule has 0 saturated heterocycles. The molecule has 4 atom stereocenters. The number of carboxylic acid groups (broad SMARTS) is 4. The molecule has 0 aliphatic carbocycles. The monoisotopic (exact) mass is 444 g/mol. The van der Waals surface area contributed by atoms with Gasteiger partial charge >= 0.3 is 125 Å². The molecule has 0 rings (SSSR count). The Labute approximate surface area is 235 Å². The second-order valence-corrected chi connectivity index (χ2v) is 3.32. The molecule has 4 unspecified atom stereocenters. The zero-order valence-electron chi connectivity index (χ0n) is 18.9. The van der Waals surface area contributed by atoms with E-state index in [1.54, 1.807) is 0 Å². The van der Waals surface area contributed by atoms with Crippen LogP contribution < -0.4 is 0 Å². The van der Waals surface area contributed by atoms with Crippen molar-refractivity contribution in [3.8, 4) is 0 Å². The van der Waals surface area contributed by atoms with Crippen LogP contribution in [0.15, 0.2) is 0 Å². The van der Waals surface area contributed by atoms with E-state index in [0.717, 1.165) is 6.92 Å². The Balaban J connectivity index is -0.0000000169. The average Bonchev–Trinajstić information content (AvgIpc) is 2.33. The van der Waals surface area contributed by atoms with E-state index in [9.17, 15) is 4.79 Å². The number of aliphatic hydroxyl groups is 5. The van der Waals surface area contributed by atoms with Gasteiger partial charge in [-0.2, -0.15) is 0 Å². The summed E-state index contributed by atoms with van der Waals surface area (Å²) in [6.07, 6.45) is -9.67. The number of carboxylic acids is 2. The maximum Gasteiger partial charge on any atom is 2.00 e. The van der Waals surface area contributed by atoms with Gasteiger partial charge in [0.15, 0.2) is 6.10 Å². The first kappa shape index (κ1) is 40.5. The molecule has 0 aromatic carbocycles. The van der Waals surface area contributed by atoms with Crippen LogP contribution in [-0.2, 0) is 9.59 Å². The van der Waals surface area contributed by atoms with E-state index in [1.807, 2.05) is 0 Å². The van der Waals surface area contributed by atoms with Gasteiger partial charge in [-0.1, -0.05) is 0 Å².